The SMILES string of the molecule is O=CCC1CN(C(=O)O)C1. The molecule has 56 valence electrons. The Kier molecular flexibility index (Phi) is 1.89. The van der Waals surface area contributed by atoms with Crippen molar-refractivity contribution >= 4 is 12.4 Å². The van der Waals surface area contributed by atoms with Crippen LogP contribution in [-0.2, 0) is 4.79 Å². The van der Waals surface area contributed by atoms with Crippen molar-refractivity contribution in [3.63, 3.8) is 0 Å². The van der Waals surface area contributed by atoms with Gasteiger partial charge in [-0.3, -0.25) is 0 Å². The van der Waals surface area contributed by atoms with Crippen molar-refractivity contribution in [1.82, 2.24) is 4.90 Å². The zero-order valence-electron chi connectivity index (χ0n) is 5.49. The van der Waals surface area contributed by atoms with Crippen LogP contribution in [0, 0.1) is 5.92 Å². The van der Waals surface area contributed by atoms with Gasteiger partial charge in [0, 0.05) is 25.4 Å². The van der Waals surface area contributed by atoms with Crippen molar-refractivity contribution in [1.29, 1.82) is 0 Å². The van der Waals surface area contributed by atoms with Gasteiger partial charge < -0.3 is 14.8 Å². The van der Waals surface area contributed by atoms with Crippen molar-refractivity contribution in [2.45, 2.75) is 6.42 Å². The van der Waals surface area contributed by atoms with Crippen LogP contribution in [0.3, 0.4) is 0 Å². The average molecular weight is 143 g/mol. The lowest BCUT2D eigenvalue weighted by Gasteiger charge is -2.35. The molecule has 0 aromatic carbocycles. The molecule has 1 saturated heterocycles. The summed E-state index contributed by atoms with van der Waals surface area (Å²) >= 11 is 0. The van der Waals surface area contributed by atoms with Crippen LogP contribution >= 0.6 is 0 Å². The van der Waals surface area contributed by atoms with Crippen LogP contribution in [0.5, 0.6) is 0 Å². The first-order chi connectivity index (χ1) is 4.74. The molecular weight excluding hydrogens is 134 g/mol. The Hall–Kier alpha value is -1.06. The van der Waals surface area contributed by atoms with Crippen LogP contribution in [0.2, 0.25) is 0 Å². The number of aldehydes is 1. The van der Waals surface area contributed by atoms with Crippen LogP contribution in [0.4, 0.5) is 4.79 Å². The molecule has 0 atom stereocenters. The van der Waals surface area contributed by atoms with Gasteiger partial charge in [-0.05, 0) is 0 Å². The van der Waals surface area contributed by atoms with E-state index in [-0.39, 0.29) is 5.92 Å². The number of nitrogens with zero attached hydrogens (tertiary/aromatic N) is 1. The second kappa shape index (κ2) is 2.68. The minimum Gasteiger partial charge on any atom is -0.465 e. The zero-order valence-corrected chi connectivity index (χ0v) is 5.49. The highest BCUT2D eigenvalue weighted by Crippen LogP contribution is 2.17. The quantitative estimate of drug-likeness (QED) is 0.561. The zero-order chi connectivity index (χ0) is 7.56. The highest BCUT2D eigenvalue weighted by Gasteiger charge is 2.29. The van der Waals surface area contributed by atoms with Gasteiger partial charge in [-0.1, -0.05) is 0 Å². The van der Waals surface area contributed by atoms with Gasteiger partial charge in [0.1, 0.15) is 6.29 Å². The van der Waals surface area contributed by atoms with Crippen LogP contribution < -0.4 is 0 Å². The van der Waals surface area contributed by atoms with Gasteiger partial charge in [0.15, 0.2) is 0 Å². The fourth-order valence-corrected chi connectivity index (χ4v) is 1.01. The lowest BCUT2D eigenvalue weighted by molar-refractivity contribution is -0.109. The molecule has 1 amide bonds. The van der Waals surface area contributed by atoms with E-state index in [1.165, 1.54) is 4.90 Å². The third-order valence-electron chi connectivity index (χ3n) is 1.66. The standard InChI is InChI=1S/C6H9NO3/c8-2-1-5-3-7(4-5)6(9)10/h2,5H,1,3-4H2,(H,9,10). The molecular formula is C6H9NO3. The molecule has 0 spiro atoms. The number of hydrogen-bond donors (Lipinski definition) is 1. The maximum Gasteiger partial charge on any atom is 0.407 e. The second-order valence-electron chi connectivity index (χ2n) is 2.46. The van der Waals surface area contributed by atoms with Crippen molar-refractivity contribution in [2.75, 3.05) is 13.1 Å². The van der Waals surface area contributed by atoms with Crippen LogP contribution in [0.25, 0.3) is 0 Å². The first kappa shape index (κ1) is 7.05. The maximum atomic E-state index is 10.2. The van der Waals surface area contributed by atoms with Crippen molar-refractivity contribution in [3.8, 4) is 0 Å². The summed E-state index contributed by atoms with van der Waals surface area (Å²) in [4.78, 5) is 21.4. The normalized spacial score (nSPS) is 18.2. The molecule has 10 heavy (non-hydrogen) atoms. The molecule has 0 radical (unpaired) electrons. The number of carboxylic acid groups (broad SMARTS) is 1. The highest BCUT2D eigenvalue weighted by atomic mass is 16.4. The molecule has 1 aliphatic heterocycles. The first-order valence-corrected chi connectivity index (χ1v) is 3.15. The Bertz CT molecular complexity index is 151. The molecule has 4 heteroatoms. The Labute approximate surface area is 58.4 Å². The fraction of sp³-hybridized carbons (Fsp3) is 0.667. The monoisotopic (exact) mass is 143 g/mol. The largest absolute Gasteiger partial charge is 0.465 e. The minimum absolute atomic E-state index is 0.272. The average Bonchev–Trinajstić information content (AvgIpc) is 1.76. The van der Waals surface area contributed by atoms with Crippen molar-refractivity contribution in [3.05, 3.63) is 0 Å². The van der Waals surface area contributed by atoms with Crippen molar-refractivity contribution in [2.24, 2.45) is 5.92 Å². The Morgan fingerprint density at radius 2 is 2.30 bits per heavy atom. The number of carbonyl (C=O) groups is 2. The van der Waals surface area contributed by atoms with Gasteiger partial charge in [-0.25, -0.2) is 4.79 Å². The predicted molar refractivity (Wildman–Crippen MR) is 33.8 cm³/mol. The fourth-order valence-electron chi connectivity index (χ4n) is 1.01. The van der Waals surface area contributed by atoms with E-state index in [0.29, 0.717) is 19.5 Å². The number of carbonyl (C=O) groups excluding carboxylic acids is 1. The second-order valence-corrected chi connectivity index (χ2v) is 2.46. The van der Waals surface area contributed by atoms with Gasteiger partial charge >= 0.3 is 6.09 Å². The number of rotatable bonds is 2. The van der Waals surface area contributed by atoms with Crippen LogP contribution in [0.1, 0.15) is 6.42 Å². The van der Waals surface area contributed by atoms with E-state index < -0.39 is 6.09 Å². The lowest BCUT2D eigenvalue weighted by atomic mass is 9.98. The summed E-state index contributed by atoms with van der Waals surface area (Å²) in [5.74, 6) is 0.272. The van der Waals surface area contributed by atoms with Gasteiger partial charge in [0.25, 0.3) is 0 Å². The topological polar surface area (TPSA) is 57.6 Å². The summed E-state index contributed by atoms with van der Waals surface area (Å²) in [5, 5.41) is 8.36. The number of amides is 1. The van der Waals surface area contributed by atoms with E-state index in [4.69, 9.17) is 5.11 Å². The summed E-state index contributed by atoms with van der Waals surface area (Å²) in [7, 11) is 0. The van der Waals surface area contributed by atoms with Crippen LogP contribution in [-0.4, -0.2) is 35.5 Å². The third-order valence-corrected chi connectivity index (χ3v) is 1.66. The Morgan fingerprint density at radius 1 is 1.70 bits per heavy atom. The molecule has 0 aromatic rings. The molecule has 1 heterocycles. The minimum atomic E-state index is -0.887. The summed E-state index contributed by atoms with van der Waals surface area (Å²) in [5.41, 5.74) is 0. The molecule has 1 fully saturated rings. The Balaban J connectivity index is 2.17. The van der Waals surface area contributed by atoms with Gasteiger partial charge in [-0.15, -0.1) is 0 Å². The van der Waals surface area contributed by atoms with Crippen molar-refractivity contribution < 1.29 is 14.7 Å². The molecule has 0 aromatic heterocycles. The summed E-state index contributed by atoms with van der Waals surface area (Å²) in [6, 6.07) is 0. The third kappa shape index (κ3) is 1.26. The molecule has 1 rings (SSSR count). The smallest absolute Gasteiger partial charge is 0.407 e. The van der Waals surface area contributed by atoms with Gasteiger partial charge in [-0.2, -0.15) is 0 Å². The molecule has 0 aliphatic carbocycles. The highest BCUT2D eigenvalue weighted by molar-refractivity contribution is 5.66. The molecule has 1 N–H and O–H groups in total. The first-order valence-electron chi connectivity index (χ1n) is 3.15. The number of hydrogen-bond acceptors (Lipinski definition) is 2. The van der Waals surface area contributed by atoms with E-state index in [0.717, 1.165) is 6.29 Å². The van der Waals surface area contributed by atoms with Crippen LogP contribution in [0.15, 0.2) is 0 Å². The lowest BCUT2D eigenvalue weighted by Crippen LogP contribution is -2.49. The van der Waals surface area contributed by atoms with E-state index in [1.54, 1.807) is 0 Å². The molecule has 1 aliphatic rings. The molecule has 0 bridgehead atoms. The number of likely N-dealkylation sites (tertiary alicyclic amines) is 1. The van der Waals surface area contributed by atoms with Gasteiger partial charge in [0.05, 0.1) is 0 Å². The molecule has 0 unspecified atom stereocenters. The van der Waals surface area contributed by atoms with E-state index in [2.05, 4.69) is 0 Å². The maximum absolute atomic E-state index is 10.2. The van der Waals surface area contributed by atoms with E-state index >= 15 is 0 Å². The summed E-state index contributed by atoms with van der Waals surface area (Å²) < 4.78 is 0. The summed E-state index contributed by atoms with van der Waals surface area (Å²) in [6.07, 6.45) is 0.440. The van der Waals surface area contributed by atoms with E-state index in [1.807, 2.05) is 0 Å². The molecule has 4 nitrogen and oxygen atoms in total. The summed E-state index contributed by atoms with van der Waals surface area (Å²) in [6.45, 7) is 1.04. The predicted octanol–water partition coefficient (Wildman–Crippen LogP) is 0.185. The molecule has 0 saturated carbocycles. The van der Waals surface area contributed by atoms with E-state index in [9.17, 15) is 9.59 Å². The van der Waals surface area contributed by atoms with Gasteiger partial charge in [0.2, 0.25) is 0 Å². The Morgan fingerprint density at radius 3 is 2.70 bits per heavy atom.